The predicted molar refractivity (Wildman–Crippen MR) is 168 cm³/mol. The van der Waals surface area contributed by atoms with Gasteiger partial charge in [0.05, 0.1) is 10.3 Å². The summed E-state index contributed by atoms with van der Waals surface area (Å²) in [5, 5.41) is 44.2. The Labute approximate surface area is 275 Å². The van der Waals surface area contributed by atoms with E-state index in [0.717, 1.165) is 21.8 Å². The molecule has 0 aliphatic rings. The Morgan fingerprint density at radius 2 is 1.29 bits per heavy atom. The Balaban J connectivity index is 1.49. The SMILES string of the molecule is Nc1nc(N)c2c(CCc3ccc(C(=O)N[C@@H](CCC(=O)N[C@@H](CCC(=O)N[C@@H](CCC(=O)O)C(=O)O)C(=O)O)C(=O)O)s3)c[nH]c2n1. The maximum Gasteiger partial charge on any atom is 0.326 e. The first kappa shape index (κ1) is 36.7. The van der Waals surface area contributed by atoms with Gasteiger partial charge in [-0.1, -0.05) is 0 Å². The van der Waals surface area contributed by atoms with Gasteiger partial charge in [0.2, 0.25) is 17.8 Å². The smallest absolute Gasteiger partial charge is 0.326 e. The third kappa shape index (κ3) is 10.6. The Morgan fingerprint density at radius 1 is 0.750 bits per heavy atom. The number of hydrogen-bond donors (Lipinski definition) is 10. The van der Waals surface area contributed by atoms with Crippen molar-refractivity contribution in [3.05, 3.63) is 33.6 Å². The lowest BCUT2D eigenvalue weighted by atomic mass is 10.1. The number of carbonyl (C=O) groups is 7. The number of aliphatic carboxylic acids is 4. The maximum atomic E-state index is 12.8. The minimum absolute atomic E-state index is 0.0378. The van der Waals surface area contributed by atoms with Gasteiger partial charge >= 0.3 is 23.9 Å². The summed E-state index contributed by atoms with van der Waals surface area (Å²) in [6.07, 6.45) is 0.0739. The summed E-state index contributed by atoms with van der Waals surface area (Å²) in [6.45, 7) is 0. The highest BCUT2D eigenvalue weighted by Gasteiger charge is 2.26. The Hall–Kier alpha value is -5.79. The van der Waals surface area contributed by atoms with Crippen LogP contribution in [0.15, 0.2) is 18.3 Å². The Morgan fingerprint density at radius 3 is 1.83 bits per heavy atom. The third-order valence-corrected chi connectivity index (χ3v) is 8.17. The fraction of sp³-hybridized carbons (Fsp3) is 0.393. The molecule has 3 rings (SSSR count). The molecule has 3 heterocycles. The van der Waals surface area contributed by atoms with Crippen molar-refractivity contribution >= 4 is 75.7 Å². The van der Waals surface area contributed by atoms with E-state index in [4.69, 9.17) is 21.7 Å². The highest BCUT2D eigenvalue weighted by molar-refractivity contribution is 7.14. The second-order valence-corrected chi connectivity index (χ2v) is 11.7. The summed E-state index contributed by atoms with van der Waals surface area (Å²) >= 11 is 1.15. The van der Waals surface area contributed by atoms with E-state index >= 15 is 0 Å². The molecule has 0 aliphatic heterocycles. The first-order valence-corrected chi connectivity index (χ1v) is 15.2. The van der Waals surface area contributed by atoms with E-state index < -0.39 is 85.4 Å². The van der Waals surface area contributed by atoms with E-state index in [2.05, 4.69) is 30.9 Å². The lowest BCUT2D eigenvalue weighted by molar-refractivity contribution is -0.144. The number of rotatable bonds is 19. The summed E-state index contributed by atoms with van der Waals surface area (Å²) < 4.78 is 0. The van der Waals surface area contributed by atoms with Crippen LogP contribution in [-0.2, 0) is 41.6 Å². The number of aromatic amines is 1. The van der Waals surface area contributed by atoms with Crippen LogP contribution in [0.4, 0.5) is 11.8 Å². The van der Waals surface area contributed by atoms with Gasteiger partial charge in [-0.05, 0) is 49.8 Å². The van der Waals surface area contributed by atoms with Crippen LogP contribution in [0.2, 0.25) is 0 Å². The molecule has 48 heavy (non-hydrogen) atoms. The highest BCUT2D eigenvalue weighted by Crippen LogP contribution is 2.25. The second kappa shape index (κ2) is 16.7. The summed E-state index contributed by atoms with van der Waals surface area (Å²) in [5.74, 6) is -7.81. The quantitative estimate of drug-likeness (QED) is 0.0773. The third-order valence-electron chi connectivity index (χ3n) is 7.02. The number of carboxylic acids is 4. The van der Waals surface area contributed by atoms with Gasteiger partial charge in [-0.3, -0.25) is 19.2 Å². The van der Waals surface area contributed by atoms with Gasteiger partial charge in [0.25, 0.3) is 5.91 Å². The number of thiophene rings is 1. The maximum absolute atomic E-state index is 12.8. The molecule has 0 fully saturated rings. The zero-order valence-corrected chi connectivity index (χ0v) is 26.0. The number of amides is 3. The second-order valence-electron chi connectivity index (χ2n) is 10.6. The molecule has 3 aromatic rings. The molecular weight excluding hydrogens is 656 g/mol. The van der Waals surface area contributed by atoms with Crippen molar-refractivity contribution < 1.29 is 54.0 Å². The number of carboxylic acid groups (broad SMARTS) is 4. The minimum atomic E-state index is -1.57. The zero-order valence-electron chi connectivity index (χ0n) is 25.2. The van der Waals surface area contributed by atoms with Crippen LogP contribution in [0.1, 0.15) is 58.6 Å². The van der Waals surface area contributed by atoms with Crippen LogP contribution in [0, 0.1) is 0 Å². The molecule has 0 spiro atoms. The topological polar surface area (TPSA) is 330 Å². The predicted octanol–water partition coefficient (Wildman–Crippen LogP) is -0.284. The molecule has 19 nitrogen and oxygen atoms in total. The number of fused-ring (bicyclic) bond motifs is 1. The van der Waals surface area contributed by atoms with Crippen molar-refractivity contribution in [2.24, 2.45) is 0 Å². The van der Waals surface area contributed by atoms with E-state index in [0.29, 0.717) is 23.9 Å². The number of hydrogen-bond acceptors (Lipinski definition) is 12. The van der Waals surface area contributed by atoms with Gasteiger partial charge in [0.15, 0.2) is 0 Å². The number of nitrogens with zero attached hydrogens (tertiary/aromatic N) is 2. The number of nitrogens with one attached hydrogen (secondary N) is 4. The molecule has 3 aromatic heterocycles. The number of nitrogen functional groups attached to an aromatic ring is 2. The van der Waals surface area contributed by atoms with E-state index in [1.807, 2.05) is 0 Å². The normalized spacial score (nSPS) is 12.8. The molecular formula is C28H34N8O11S. The van der Waals surface area contributed by atoms with Crippen molar-refractivity contribution in [3.8, 4) is 0 Å². The summed E-state index contributed by atoms with van der Waals surface area (Å²) in [6, 6.07) is -1.30. The molecule has 3 atom stereocenters. The van der Waals surface area contributed by atoms with Gasteiger partial charge in [-0.15, -0.1) is 11.3 Å². The van der Waals surface area contributed by atoms with Gasteiger partial charge in [-0.25, -0.2) is 14.4 Å². The molecule has 0 saturated carbocycles. The highest BCUT2D eigenvalue weighted by atomic mass is 32.1. The molecule has 0 bridgehead atoms. The number of aryl methyl sites for hydroxylation is 2. The molecule has 0 aliphatic carbocycles. The van der Waals surface area contributed by atoms with Crippen LogP contribution < -0.4 is 27.4 Å². The fourth-order valence-corrected chi connectivity index (χ4v) is 5.50. The zero-order chi connectivity index (χ0) is 35.5. The first-order chi connectivity index (χ1) is 22.6. The van der Waals surface area contributed by atoms with Gasteiger partial charge in [0, 0.05) is 30.3 Å². The first-order valence-electron chi connectivity index (χ1n) is 14.4. The number of carbonyl (C=O) groups excluding carboxylic acids is 3. The lowest BCUT2D eigenvalue weighted by Crippen LogP contribution is -2.45. The van der Waals surface area contributed by atoms with Crippen molar-refractivity contribution in [1.29, 1.82) is 0 Å². The Kier molecular flexibility index (Phi) is 12.7. The van der Waals surface area contributed by atoms with Gasteiger partial charge < -0.3 is 52.8 Å². The lowest BCUT2D eigenvalue weighted by Gasteiger charge is -2.17. The van der Waals surface area contributed by atoms with Crippen molar-refractivity contribution in [2.45, 2.75) is 69.5 Å². The van der Waals surface area contributed by atoms with Gasteiger partial charge in [0.1, 0.15) is 29.6 Å². The summed E-state index contributed by atoms with van der Waals surface area (Å²) in [5.41, 5.74) is 13.0. The average molecular weight is 691 g/mol. The molecule has 12 N–H and O–H groups in total. The van der Waals surface area contributed by atoms with Crippen molar-refractivity contribution in [2.75, 3.05) is 11.5 Å². The number of aromatic nitrogens is 3. The van der Waals surface area contributed by atoms with E-state index in [1.54, 1.807) is 12.3 Å². The summed E-state index contributed by atoms with van der Waals surface area (Å²) in [7, 11) is 0. The van der Waals surface area contributed by atoms with Crippen LogP contribution >= 0.6 is 11.3 Å². The Bertz CT molecular complexity index is 1710. The largest absolute Gasteiger partial charge is 0.481 e. The van der Waals surface area contributed by atoms with Gasteiger partial charge in [-0.2, -0.15) is 9.97 Å². The molecule has 3 amide bonds. The van der Waals surface area contributed by atoms with Crippen LogP contribution in [-0.4, -0.2) is 95.1 Å². The van der Waals surface area contributed by atoms with Crippen molar-refractivity contribution in [3.63, 3.8) is 0 Å². The van der Waals surface area contributed by atoms with Crippen LogP contribution in [0.25, 0.3) is 11.0 Å². The van der Waals surface area contributed by atoms with E-state index in [-0.39, 0.29) is 29.5 Å². The van der Waals surface area contributed by atoms with Crippen LogP contribution in [0.5, 0.6) is 0 Å². The van der Waals surface area contributed by atoms with E-state index in [9.17, 15) is 43.8 Å². The molecule has 0 saturated heterocycles. The monoisotopic (exact) mass is 690 g/mol. The fourth-order valence-electron chi connectivity index (χ4n) is 4.59. The van der Waals surface area contributed by atoms with Crippen molar-refractivity contribution in [1.82, 2.24) is 30.9 Å². The average Bonchev–Trinajstić information content (AvgIpc) is 3.65. The number of nitrogens with two attached hydrogens (primary N) is 2. The minimum Gasteiger partial charge on any atom is -0.481 e. The van der Waals surface area contributed by atoms with E-state index in [1.165, 1.54) is 6.07 Å². The van der Waals surface area contributed by atoms with Crippen LogP contribution in [0.3, 0.4) is 0 Å². The molecule has 258 valence electrons. The summed E-state index contributed by atoms with van der Waals surface area (Å²) in [4.78, 5) is 94.9. The standard InChI is InChI=1S/C28H34N8O11S/c29-22-21-12(11-31-23(21)36-28(30)35-22)1-2-13-3-7-17(48-13)24(41)34-16(27(46)47)5-9-19(38)32-14(25(42)43)4-8-18(37)33-15(26(44)45)6-10-20(39)40/h3,7,11,14-16H,1-2,4-6,8-10H2,(H,32,38)(H,33,37)(H,34,41)(H,39,40)(H,42,43)(H,44,45)(H,46,47)(H5,29,30,31,35,36)/t14-,15-,16-/m0/s1. The molecule has 20 heteroatoms. The number of anilines is 2. The number of H-pyrrole nitrogens is 1. The molecule has 0 unspecified atom stereocenters. The molecule has 0 aromatic carbocycles. The molecule has 0 radical (unpaired) electrons.